The fraction of sp³-hybridized carbons (Fsp3) is 1.00. The van der Waals surface area contributed by atoms with E-state index >= 15 is 0 Å². The lowest BCUT2D eigenvalue weighted by Gasteiger charge is -2.44. The first kappa shape index (κ1) is 16.5. The van der Waals surface area contributed by atoms with E-state index in [9.17, 15) is 8.42 Å². The molecule has 0 aliphatic carbocycles. The Kier molecular flexibility index (Phi) is 5.02. The van der Waals surface area contributed by atoms with Crippen molar-refractivity contribution in [2.24, 2.45) is 0 Å². The Bertz CT molecular complexity index is 441. The summed E-state index contributed by atoms with van der Waals surface area (Å²) in [5, 5.41) is 0. The average Bonchev–Trinajstić information content (AvgIpc) is 2.36. The minimum atomic E-state index is -3.45. The molecular weight excluding hydrogens is 300 g/mol. The van der Waals surface area contributed by atoms with E-state index in [1.165, 1.54) is 0 Å². The molecule has 0 aromatic carbocycles. The molecule has 118 valence electrons. The summed E-state index contributed by atoms with van der Waals surface area (Å²) in [4.78, 5) is 0. The van der Waals surface area contributed by atoms with Gasteiger partial charge in [-0.15, -0.1) is 11.6 Å². The van der Waals surface area contributed by atoms with E-state index in [0.29, 0.717) is 25.5 Å². The van der Waals surface area contributed by atoms with Gasteiger partial charge >= 0.3 is 0 Å². The van der Waals surface area contributed by atoms with Crippen molar-refractivity contribution in [3.63, 3.8) is 0 Å². The monoisotopic (exact) mass is 324 g/mol. The van der Waals surface area contributed by atoms with E-state index in [1.807, 2.05) is 20.8 Å². The lowest BCUT2D eigenvalue weighted by atomic mass is 10.1. The van der Waals surface area contributed by atoms with Gasteiger partial charge in [-0.25, -0.2) is 0 Å². The average molecular weight is 325 g/mol. The van der Waals surface area contributed by atoms with Crippen LogP contribution in [0.2, 0.25) is 0 Å². The van der Waals surface area contributed by atoms with Gasteiger partial charge in [0.2, 0.25) is 0 Å². The van der Waals surface area contributed by atoms with Crippen LogP contribution in [0.1, 0.15) is 40.0 Å². The van der Waals surface area contributed by atoms with E-state index in [-0.39, 0.29) is 12.1 Å². The van der Waals surface area contributed by atoms with Crippen LogP contribution in [0.15, 0.2) is 0 Å². The summed E-state index contributed by atoms with van der Waals surface area (Å²) in [5.41, 5.74) is -0.447. The summed E-state index contributed by atoms with van der Waals surface area (Å²) in [5.74, 6) is 0.364. The predicted octanol–water partition coefficient (Wildman–Crippen LogP) is 1.82. The van der Waals surface area contributed by atoms with Crippen molar-refractivity contribution in [2.45, 2.75) is 57.8 Å². The Hall–Kier alpha value is 0.120. The SMILES string of the molecule is CC1CN(S(=O)(=O)N2CCCCC2CCl)CC(C)(C)O1. The molecule has 2 fully saturated rings. The Balaban J connectivity index is 2.20. The highest BCUT2D eigenvalue weighted by Gasteiger charge is 2.42. The van der Waals surface area contributed by atoms with Gasteiger partial charge in [0.1, 0.15) is 0 Å². The highest BCUT2D eigenvalue weighted by Crippen LogP contribution is 2.28. The van der Waals surface area contributed by atoms with Crippen molar-refractivity contribution in [1.82, 2.24) is 8.61 Å². The standard InChI is InChI=1S/C13H25ClN2O3S/c1-11-9-15(10-13(2,3)19-11)20(17,18)16-7-5-4-6-12(16)8-14/h11-12H,4-10H2,1-3H3. The van der Waals surface area contributed by atoms with Crippen molar-refractivity contribution >= 4 is 21.8 Å². The Morgan fingerprint density at radius 2 is 2.05 bits per heavy atom. The molecule has 0 radical (unpaired) electrons. The van der Waals surface area contributed by atoms with Gasteiger partial charge in [-0.1, -0.05) is 6.42 Å². The molecule has 5 nitrogen and oxygen atoms in total. The first-order valence-corrected chi connectivity index (χ1v) is 9.20. The van der Waals surface area contributed by atoms with E-state index < -0.39 is 15.8 Å². The van der Waals surface area contributed by atoms with Crippen LogP contribution in [-0.4, -0.2) is 60.3 Å². The van der Waals surface area contributed by atoms with Gasteiger partial charge in [-0.05, 0) is 33.6 Å². The summed E-state index contributed by atoms with van der Waals surface area (Å²) in [7, 11) is -3.45. The van der Waals surface area contributed by atoms with Gasteiger partial charge in [0, 0.05) is 31.6 Å². The van der Waals surface area contributed by atoms with Crippen molar-refractivity contribution in [2.75, 3.05) is 25.5 Å². The van der Waals surface area contributed by atoms with Crippen molar-refractivity contribution in [3.05, 3.63) is 0 Å². The fourth-order valence-corrected chi connectivity index (χ4v) is 5.64. The highest BCUT2D eigenvalue weighted by atomic mass is 35.5. The molecule has 0 bridgehead atoms. The molecule has 2 aliphatic rings. The second-order valence-electron chi connectivity index (χ2n) is 6.40. The van der Waals surface area contributed by atoms with Crippen molar-refractivity contribution in [3.8, 4) is 0 Å². The lowest BCUT2D eigenvalue weighted by molar-refractivity contribution is -0.110. The van der Waals surface area contributed by atoms with Crippen LogP contribution in [0.25, 0.3) is 0 Å². The summed E-state index contributed by atoms with van der Waals surface area (Å²) in [6, 6.07) is -0.0725. The molecule has 0 aromatic heterocycles. The van der Waals surface area contributed by atoms with Crippen LogP contribution < -0.4 is 0 Å². The van der Waals surface area contributed by atoms with E-state index in [2.05, 4.69) is 0 Å². The minimum Gasteiger partial charge on any atom is -0.370 e. The highest BCUT2D eigenvalue weighted by molar-refractivity contribution is 7.86. The number of hydrogen-bond donors (Lipinski definition) is 0. The van der Waals surface area contributed by atoms with Crippen LogP contribution in [-0.2, 0) is 14.9 Å². The Morgan fingerprint density at radius 3 is 2.65 bits per heavy atom. The van der Waals surface area contributed by atoms with Gasteiger partial charge in [0.25, 0.3) is 10.2 Å². The molecule has 0 aromatic rings. The lowest BCUT2D eigenvalue weighted by Crippen LogP contribution is -2.59. The smallest absolute Gasteiger partial charge is 0.282 e. The first-order chi connectivity index (χ1) is 9.26. The maximum absolute atomic E-state index is 12.9. The molecule has 0 spiro atoms. The normalized spacial score (nSPS) is 33.2. The van der Waals surface area contributed by atoms with Gasteiger partial charge in [0.15, 0.2) is 0 Å². The summed E-state index contributed by atoms with van der Waals surface area (Å²) in [6.07, 6.45) is 2.73. The first-order valence-electron chi connectivity index (χ1n) is 7.27. The van der Waals surface area contributed by atoms with Gasteiger partial charge in [0.05, 0.1) is 11.7 Å². The number of morpholine rings is 1. The molecule has 0 saturated carbocycles. The third kappa shape index (κ3) is 3.47. The van der Waals surface area contributed by atoms with Crippen LogP contribution in [0.5, 0.6) is 0 Å². The topological polar surface area (TPSA) is 49.9 Å². The molecule has 2 rings (SSSR count). The third-order valence-electron chi connectivity index (χ3n) is 3.91. The maximum Gasteiger partial charge on any atom is 0.282 e. The molecule has 2 heterocycles. The van der Waals surface area contributed by atoms with Crippen molar-refractivity contribution < 1.29 is 13.2 Å². The van der Waals surface area contributed by atoms with Gasteiger partial charge < -0.3 is 4.74 Å². The minimum absolute atomic E-state index is 0.0725. The zero-order valence-corrected chi connectivity index (χ0v) is 14.1. The largest absolute Gasteiger partial charge is 0.370 e. The number of alkyl halides is 1. The van der Waals surface area contributed by atoms with Gasteiger partial charge in [-0.2, -0.15) is 17.0 Å². The third-order valence-corrected chi connectivity index (χ3v) is 6.27. The van der Waals surface area contributed by atoms with E-state index in [4.69, 9.17) is 16.3 Å². The number of nitrogens with zero attached hydrogens (tertiary/aromatic N) is 2. The molecule has 2 atom stereocenters. The molecular formula is C13H25ClN2O3S. The molecule has 2 saturated heterocycles. The zero-order chi connectivity index (χ0) is 15.0. The second-order valence-corrected chi connectivity index (χ2v) is 8.59. The summed E-state index contributed by atoms with van der Waals surface area (Å²) >= 11 is 5.96. The molecule has 2 unspecified atom stereocenters. The van der Waals surface area contributed by atoms with Crippen LogP contribution >= 0.6 is 11.6 Å². The number of ether oxygens (including phenoxy) is 1. The maximum atomic E-state index is 12.9. The van der Waals surface area contributed by atoms with Crippen LogP contribution in [0.3, 0.4) is 0 Å². The molecule has 20 heavy (non-hydrogen) atoms. The molecule has 7 heteroatoms. The molecule has 0 amide bonds. The van der Waals surface area contributed by atoms with Crippen LogP contribution in [0.4, 0.5) is 0 Å². The zero-order valence-electron chi connectivity index (χ0n) is 12.5. The Labute approximate surface area is 127 Å². The fourth-order valence-electron chi connectivity index (χ4n) is 3.15. The number of halogens is 1. The quantitative estimate of drug-likeness (QED) is 0.744. The summed E-state index contributed by atoms with van der Waals surface area (Å²) < 4.78 is 34.7. The number of hydrogen-bond acceptors (Lipinski definition) is 3. The summed E-state index contributed by atoms with van der Waals surface area (Å²) in [6.45, 7) is 7.16. The number of rotatable bonds is 3. The van der Waals surface area contributed by atoms with Crippen molar-refractivity contribution in [1.29, 1.82) is 0 Å². The molecule has 2 aliphatic heterocycles. The number of piperidine rings is 1. The van der Waals surface area contributed by atoms with Crippen LogP contribution in [0, 0.1) is 0 Å². The van der Waals surface area contributed by atoms with E-state index in [0.717, 1.165) is 19.3 Å². The molecule has 0 N–H and O–H groups in total. The second kappa shape index (κ2) is 6.08. The predicted molar refractivity (Wildman–Crippen MR) is 80.2 cm³/mol. The van der Waals surface area contributed by atoms with Gasteiger partial charge in [-0.3, -0.25) is 0 Å². The van der Waals surface area contributed by atoms with E-state index in [1.54, 1.807) is 8.61 Å². The Morgan fingerprint density at radius 1 is 1.35 bits per heavy atom.